The molecule has 0 spiro atoms. The number of carbonyl (C=O) groups is 1. The Kier molecular flexibility index (Phi) is 6.56. The van der Waals surface area contributed by atoms with Crippen LogP contribution in [0.15, 0.2) is 71.0 Å². The number of fused-ring (bicyclic) bond motifs is 1. The summed E-state index contributed by atoms with van der Waals surface area (Å²) in [4.78, 5) is 13.6. The summed E-state index contributed by atoms with van der Waals surface area (Å²) >= 11 is 5.15. The molecule has 3 heterocycles. The van der Waals surface area contributed by atoms with Crippen LogP contribution in [0.1, 0.15) is 10.4 Å². The van der Waals surface area contributed by atoms with E-state index in [0.29, 0.717) is 13.0 Å². The van der Waals surface area contributed by atoms with E-state index in [1.54, 1.807) is 0 Å². The summed E-state index contributed by atoms with van der Waals surface area (Å²) in [5, 5.41) is 13.2. The third-order valence-electron chi connectivity index (χ3n) is 4.83. The number of rotatable bonds is 7. The highest BCUT2D eigenvalue weighted by atomic mass is 79.9. The van der Waals surface area contributed by atoms with Crippen molar-refractivity contribution in [1.82, 2.24) is 16.0 Å². The summed E-state index contributed by atoms with van der Waals surface area (Å²) in [6.45, 7) is 0.580. The number of ether oxygens (including phenoxy) is 1. The zero-order chi connectivity index (χ0) is 20.9. The van der Waals surface area contributed by atoms with Crippen LogP contribution < -0.4 is 21.3 Å². The van der Waals surface area contributed by atoms with Gasteiger partial charge < -0.3 is 20.7 Å². The minimum Gasteiger partial charge on any atom is -0.444 e. The molecule has 2 aliphatic rings. The lowest BCUT2D eigenvalue weighted by Gasteiger charge is -2.20. The molecular formula is C22H23BrN4O2S. The highest BCUT2D eigenvalue weighted by Crippen LogP contribution is 2.40. The Hall–Kier alpha value is -2.55. The lowest BCUT2D eigenvalue weighted by atomic mass is 10.0. The number of hydrogen-bond acceptors (Lipinski definition) is 6. The second-order valence-corrected chi connectivity index (χ2v) is 8.90. The molecule has 0 bridgehead atoms. The minimum absolute atomic E-state index is 0.0839. The lowest BCUT2D eigenvalue weighted by molar-refractivity contribution is 0.111. The number of amides is 1. The van der Waals surface area contributed by atoms with Gasteiger partial charge in [0.15, 0.2) is 0 Å². The van der Waals surface area contributed by atoms with Crippen molar-refractivity contribution in [3.63, 3.8) is 0 Å². The topological polar surface area (TPSA) is 74.4 Å². The first kappa shape index (κ1) is 20.7. The Balaban J connectivity index is 1.44. The molecule has 0 saturated heterocycles. The van der Waals surface area contributed by atoms with Gasteiger partial charge in [0, 0.05) is 28.6 Å². The van der Waals surface area contributed by atoms with Crippen molar-refractivity contribution in [2.45, 2.75) is 18.7 Å². The van der Waals surface area contributed by atoms with Gasteiger partial charge >= 0.3 is 6.09 Å². The average Bonchev–Trinajstić information content (AvgIpc) is 3.35. The van der Waals surface area contributed by atoms with Gasteiger partial charge in [-0.1, -0.05) is 30.3 Å². The molecule has 6 nitrogen and oxygen atoms in total. The van der Waals surface area contributed by atoms with Gasteiger partial charge in [-0.15, -0.1) is 11.3 Å². The molecule has 0 fully saturated rings. The van der Waals surface area contributed by atoms with Crippen LogP contribution in [0.25, 0.3) is 5.57 Å². The predicted octanol–water partition coefficient (Wildman–Crippen LogP) is 4.20. The third-order valence-corrected chi connectivity index (χ3v) is 6.80. The molecule has 2 aliphatic heterocycles. The predicted molar refractivity (Wildman–Crippen MR) is 125 cm³/mol. The highest BCUT2D eigenvalue weighted by molar-refractivity contribution is 9.10. The third kappa shape index (κ3) is 4.77. The van der Waals surface area contributed by atoms with Crippen molar-refractivity contribution in [3.8, 4) is 0 Å². The fraction of sp³-hybridized carbons (Fsp3) is 0.227. The lowest BCUT2D eigenvalue weighted by Crippen LogP contribution is -2.36. The Morgan fingerprint density at radius 1 is 1.23 bits per heavy atom. The molecule has 1 amide bonds. The molecule has 2 atom stereocenters. The highest BCUT2D eigenvalue weighted by Gasteiger charge is 2.24. The van der Waals surface area contributed by atoms with E-state index in [4.69, 9.17) is 4.74 Å². The molecule has 1 aromatic heterocycles. The quantitative estimate of drug-likeness (QED) is 0.471. The van der Waals surface area contributed by atoms with Crippen molar-refractivity contribution < 1.29 is 9.53 Å². The van der Waals surface area contributed by atoms with E-state index in [0.717, 1.165) is 25.5 Å². The van der Waals surface area contributed by atoms with Crippen molar-refractivity contribution in [3.05, 3.63) is 81.4 Å². The van der Waals surface area contributed by atoms with E-state index in [1.807, 2.05) is 61.9 Å². The van der Waals surface area contributed by atoms with E-state index in [9.17, 15) is 4.79 Å². The van der Waals surface area contributed by atoms with E-state index in [1.165, 1.54) is 16.9 Å². The summed E-state index contributed by atoms with van der Waals surface area (Å²) in [5.41, 5.74) is 3.42. The molecule has 0 aliphatic carbocycles. The zero-order valence-electron chi connectivity index (χ0n) is 16.4. The van der Waals surface area contributed by atoms with Crippen LogP contribution in [0, 0.1) is 0 Å². The normalized spacial score (nSPS) is 17.9. The maximum absolute atomic E-state index is 12.5. The molecule has 8 heteroatoms. The van der Waals surface area contributed by atoms with Crippen LogP contribution in [-0.4, -0.2) is 32.0 Å². The van der Waals surface area contributed by atoms with Crippen molar-refractivity contribution >= 4 is 43.9 Å². The largest absolute Gasteiger partial charge is 0.444 e. The Morgan fingerprint density at radius 2 is 2.00 bits per heavy atom. The number of nitrogens with one attached hydrogen (secondary N) is 4. The first-order valence-electron chi connectivity index (χ1n) is 9.69. The van der Waals surface area contributed by atoms with Crippen LogP contribution in [0.5, 0.6) is 0 Å². The van der Waals surface area contributed by atoms with Crippen LogP contribution in [0.2, 0.25) is 0 Å². The summed E-state index contributed by atoms with van der Waals surface area (Å²) in [5.74, 6) is 0. The molecule has 4 N–H and O–H groups in total. The zero-order valence-corrected chi connectivity index (χ0v) is 18.8. The van der Waals surface area contributed by atoms with Crippen LogP contribution >= 0.6 is 27.3 Å². The summed E-state index contributed by atoms with van der Waals surface area (Å²) < 4.78 is 6.62. The summed E-state index contributed by atoms with van der Waals surface area (Å²) in [6.07, 6.45) is 8.01. The molecule has 156 valence electrons. The number of carbonyl (C=O) groups excluding carboxylic acids is 1. The minimum atomic E-state index is -0.453. The Labute approximate surface area is 188 Å². The molecule has 2 aromatic rings. The van der Waals surface area contributed by atoms with Gasteiger partial charge in [0.25, 0.3) is 0 Å². The van der Waals surface area contributed by atoms with Crippen molar-refractivity contribution in [2.24, 2.45) is 0 Å². The number of thiophene rings is 1. The van der Waals surface area contributed by atoms with E-state index >= 15 is 0 Å². The fourth-order valence-electron chi connectivity index (χ4n) is 3.49. The van der Waals surface area contributed by atoms with Gasteiger partial charge in [0.05, 0.1) is 9.88 Å². The van der Waals surface area contributed by atoms with E-state index in [2.05, 4.69) is 43.3 Å². The van der Waals surface area contributed by atoms with E-state index < -0.39 is 6.09 Å². The van der Waals surface area contributed by atoms with Crippen molar-refractivity contribution in [2.75, 3.05) is 18.9 Å². The number of halogens is 1. The maximum atomic E-state index is 12.5. The fourth-order valence-corrected chi connectivity index (χ4v) is 5.31. The van der Waals surface area contributed by atoms with Gasteiger partial charge in [-0.2, -0.15) is 0 Å². The maximum Gasteiger partial charge on any atom is 0.412 e. The van der Waals surface area contributed by atoms with Gasteiger partial charge in [0.2, 0.25) is 0 Å². The van der Waals surface area contributed by atoms with E-state index in [-0.39, 0.29) is 12.3 Å². The molecule has 30 heavy (non-hydrogen) atoms. The van der Waals surface area contributed by atoms with Gasteiger partial charge in [0.1, 0.15) is 12.3 Å². The standard InChI is InChI=1S/C22H23BrN4O2S/c1-24-13-15(11-14-5-3-2-4-6-14)29-22(28)27-19-12-18(23)20(30-19)16-7-9-25-21-17(16)8-10-26-21/h2-10,12,15,21,24-26H,11,13H2,1H3,(H,27,28). The number of likely N-dealkylation sites (N-methyl/N-ethyl adjacent to an activating group) is 1. The molecule has 4 rings (SSSR count). The number of benzene rings is 1. The smallest absolute Gasteiger partial charge is 0.412 e. The number of allylic oxidation sites excluding steroid dienone is 2. The van der Waals surface area contributed by atoms with Crippen LogP contribution in [0.3, 0.4) is 0 Å². The van der Waals surface area contributed by atoms with Crippen LogP contribution in [-0.2, 0) is 11.2 Å². The second kappa shape index (κ2) is 9.51. The number of dihydropyridines is 1. The second-order valence-electron chi connectivity index (χ2n) is 6.99. The average molecular weight is 487 g/mol. The van der Waals surface area contributed by atoms with Gasteiger partial charge in [-0.05, 0) is 59.2 Å². The first-order valence-corrected chi connectivity index (χ1v) is 11.3. The summed E-state index contributed by atoms with van der Waals surface area (Å²) in [7, 11) is 1.85. The molecule has 0 radical (unpaired) electrons. The van der Waals surface area contributed by atoms with Gasteiger partial charge in [-0.25, -0.2) is 4.79 Å². The Morgan fingerprint density at radius 3 is 2.77 bits per heavy atom. The van der Waals surface area contributed by atoms with Crippen LogP contribution in [0.4, 0.5) is 9.80 Å². The SMILES string of the molecule is CNCC(Cc1ccccc1)OC(=O)Nc1cc(Br)c(C2=C3C=CNC3NC=C2)s1. The molecule has 0 saturated carbocycles. The van der Waals surface area contributed by atoms with Crippen molar-refractivity contribution in [1.29, 1.82) is 0 Å². The molecule has 2 unspecified atom stereocenters. The Bertz CT molecular complexity index is 1000. The number of anilines is 1. The number of hydrogen-bond donors (Lipinski definition) is 4. The first-order chi connectivity index (χ1) is 14.6. The monoisotopic (exact) mass is 486 g/mol. The van der Waals surface area contributed by atoms with Gasteiger partial charge in [-0.3, -0.25) is 5.32 Å². The molecular weight excluding hydrogens is 464 g/mol. The molecule has 1 aromatic carbocycles. The summed E-state index contributed by atoms with van der Waals surface area (Å²) in [6, 6.07) is 11.9.